The summed E-state index contributed by atoms with van der Waals surface area (Å²) in [6.07, 6.45) is 5.72. The Bertz CT molecular complexity index is 298. The van der Waals surface area contributed by atoms with Gasteiger partial charge in [-0.1, -0.05) is 18.9 Å². The minimum Gasteiger partial charge on any atom is -0.396 e. The first-order valence-corrected chi connectivity index (χ1v) is 7.11. The average molecular weight is 233 g/mol. The Labute approximate surface area is 91.3 Å². The van der Waals surface area contributed by atoms with E-state index in [-0.39, 0.29) is 18.4 Å². The largest absolute Gasteiger partial charge is 0.396 e. The summed E-state index contributed by atoms with van der Waals surface area (Å²) >= 11 is 0. The van der Waals surface area contributed by atoms with Crippen molar-refractivity contribution in [3.8, 4) is 0 Å². The highest BCUT2D eigenvalue weighted by Crippen LogP contribution is 2.08. The Hall–Kier alpha value is -0.390. The van der Waals surface area contributed by atoms with Crippen LogP contribution in [0.5, 0.6) is 0 Å². The number of nitrogens with one attached hydrogen (secondary N) is 1. The predicted octanol–water partition coefficient (Wildman–Crippen LogP) is 0.439. The third kappa shape index (κ3) is 5.30. The van der Waals surface area contributed by atoms with Gasteiger partial charge in [0.25, 0.3) is 0 Å². The van der Waals surface area contributed by atoms with Crippen LogP contribution in [0.1, 0.15) is 25.7 Å². The highest BCUT2D eigenvalue weighted by molar-refractivity contribution is 7.94. The van der Waals surface area contributed by atoms with Crippen molar-refractivity contribution in [2.75, 3.05) is 18.9 Å². The molecule has 0 aromatic rings. The van der Waals surface area contributed by atoms with Crippen molar-refractivity contribution in [1.82, 2.24) is 5.32 Å². The van der Waals surface area contributed by atoms with Crippen molar-refractivity contribution in [3.63, 3.8) is 0 Å². The van der Waals surface area contributed by atoms with Crippen LogP contribution in [0.15, 0.2) is 11.5 Å². The third-order valence-corrected chi connectivity index (χ3v) is 3.82. The van der Waals surface area contributed by atoms with Crippen LogP contribution in [0.2, 0.25) is 0 Å². The number of aliphatic hydroxyl groups excluding tert-OH is 1. The van der Waals surface area contributed by atoms with E-state index >= 15 is 0 Å². The first kappa shape index (κ1) is 12.7. The predicted molar refractivity (Wildman–Crippen MR) is 60.3 cm³/mol. The summed E-state index contributed by atoms with van der Waals surface area (Å²) in [5.41, 5.74) is 0. The molecule has 0 saturated carbocycles. The van der Waals surface area contributed by atoms with E-state index in [1.54, 1.807) is 6.08 Å². The lowest BCUT2D eigenvalue weighted by molar-refractivity contribution is 0.282. The lowest BCUT2D eigenvalue weighted by Crippen LogP contribution is -2.30. The molecule has 1 heterocycles. The van der Waals surface area contributed by atoms with E-state index in [1.807, 2.05) is 0 Å². The van der Waals surface area contributed by atoms with Crippen molar-refractivity contribution in [2.45, 2.75) is 31.7 Å². The molecule has 0 amide bonds. The molecule has 0 saturated heterocycles. The van der Waals surface area contributed by atoms with Gasteiger partial charge in [0.05, 0.1) is 5.75 Å². The van der Waals surface area contributed by atoms with Gasteiger partial charge in [-0.25, -0.2) is 8.42 Å². The second-order valence-corrected chi connectivity index (χ2v) is 5.79. The summed E-state index contributed by atoms with van der Waals surface area (Å²) in [6.45, 7) is 1.10. The molecule has 0 aliphatic carbocycles. The monoisotopic (exact) mass is 233 g/mol. The molecule has 0 spiro atoms. The normalized spacial score (nSPS) is 23.4. The molecule has 15 heavy (non-hydrogen) atoms. The van der Waals surface area contributed by atoms with Gasteiger partial charge in [-0.3, -0.25) is 0 Å². The fraction of sp³-hybridized carbons (Fsp3) is 0.800. The Morgan fingerprint density at radius 1 is 1.27 bits per heavy atom. The van der Waals surface area contributed by atoms with Crippen LogP contribution in [0.4, 0.5) is 0 Å². The van der Waals surface area contributed by atoms with Crippen molar-refractivity contribution < 1.29 is 13.5 Å². The molecular formula is C10H19NO3S. The summed E-state index contributed by atoms with van der Waals surface area (Å²) in [4.78, 5) is 0. The van der Waals surface area contributed by atoms with Gasteiger partial charge >= 0.3 is 0 Å². The summed E-state index contributed by atoms with van der Waals surface area (Å²) in [5, 5.41) is 13.0. The molecule has 0 radical (unpaired) electrons. The minimum absolute atomic E-state index is 0.00663. The van der Waals surface area contributed by atoms with Crippen molar-refractivity contribution >= 4 is 9.84 Å². The number of aliphatic hydroxyl groups is 1. The van der Waals surface area contributed by atoms with Gasteiger partial charge in [-0.05, 0) is 19.4 Å². The molecule has 4 nitrogen and oxygen atoms in total. The maximum absolute atomic E-state index is 11.1. The van der Waals surface area contributed by atoms with E-state index in [1.165, 1.54) is 5.41 Å². The van der Waals surface area contributed by atoms with Crippen LogP contribution < -0.4 is 5.32 Å². The second-order valence-electron chi connectivity index (χ2n) is 3.86. The van der Waals surface area contributed by atoms with E-state index in [2.05, 4.69) is 5.32 Å². The number of unbranched alkanes of at least 4 members (excludes halogenated alkanes) is 3. The zero-order valence-corrected chi connectivity index (χ0v) is 9.67. The van der Waals surface area contributed by atoms with Gasteiger partial charge in [0.2, 0.25) is 0 Å². The maximum Gasteiger partial charge on any atom is 0.173 e. The number of rotatable bonds is 7. The lowest BCUT2D eigenvalue weighted by atomic mass is 10.2. The number of sulfone groups is 1. The Morgan fingerprint density at radius 3 is 2.60 bits per heavy atom. The Morgan fingerprint density at radius 2 is 2.00 bits per heavy atom. The van der Waals surface area contributed by atoms with Gasteiger partial charge in [-0.2, -0.15) is 0 Å². The van der Waals surface area contributed by atoms with E-state index in [4.69, 9.17) is 5.11 Å². The molecule has 0 fully saturated rings. The highest BCUT2D eigenvalue weighted by Gasteiger charge is 2.20. The molecule has 1 rings (SSSR count). The van der Waals surface area contributed by atoms with Crippen LogP contribution in [-0.4, -0.2) is 38.5 Å². The highest BCUT2D eigenvalue weighted by atomic mass is 32.2. The van der Waals surface area contributed by atoms with Crippen LogP contribution in [0.25, 0.3) is 0 Å². The quantitative estimate of drug-likeness (QED) is 0.626. The lowest BCUT2D eigenvalue weighted by Gasteiger charge is -2.08. The van der Waals surface area contributed by atoms with E-state index in [0.717, 1.165) is 32.2 Å². The van der Waals surface area contributed by atoms with Crippen molar-refractivity contribution in [1.29, 1.82) is 0 Å². The minimum atomic E-state index is -2.92. The zero-order valence-electron chi connectivity index (χ0n) is 8.85. The molecule has 1 aliphatic heterocycles. The van der Waals surface area contributed by atoms with Crippen LogP contribution in [-0.2, 0) is 9.84 Å². The molecule has 5 heteroatoms. The van der Waals surface area contributed by atoms with Crippen molar-refractivity contribution in [2.24, 2.45) is 0 Å². The molecule has 2 N–H and O–H groups in total. The van der Waals surface area contributed by atoms with Gasteiger partial charge in [-0.15, -0.1) is 0 Å². The Balaban J connectivity index is 2.00. The summed E-state index contributed by atoms with van der Waals surface area (Å²) in [5.74, 6) is 0.198. The van der Waals surface area contributed by atoms with E-state index < -0.39 is 9.84 Å². The zero-order chi connectivity index (χ0) is 11.1. The molecule has 1 unspecified atom stereocenters. The standard InChI is InChI=1S/C10H19NO3S/c12-7-4-2-1-3-6-11-10-5-8-15(13,14)9-10/h5,8,10-12H,1-4,6-7,9H2. The maximum atomic E-state index is 11.1. The average Bonchev–Trinajstić information content (AvgIpc) is 2.52. The van der Waals surface area contributed by atoms with E-state index in [0.29, 0.717) is 0 Å². The first-order valence-electron chi connectivity index (χ1n) is 5.39. The van der Waals surface area contributed by atoms with Gasteiger partial charge in [0, 0.05) is 18.1 Å². The molecule has 88 valence electrons. The summed E-state index contributed by atoms with van der Waals surface area (Å²) in [7, 11) is -2.92. The summed E-state index contributed by atoms with van der Waals surface area (Å²) in [6, 6.07) is -0.00663. The van der Waals surface area contributed by atoms with Crippen molar-refractivity contribution in [3.05, 3.63) is 11.5 Å². The SMILES string of the molecule is O=S1(=O)C=CC(NCCCCCCO)C1. The molecule has 1 aliphatic rings. The smallest absolute Gasteiger partial charge is 0.173 e. The molecule has 0 bridgehead atoms. The van der Waals surface area contributed by atoms with Crippen LogP contribution >= 0.6 is 0 Å². The van der Waals surface area contributed by atoms with Crippen LogP contribution in [0.3, 0.4) is 0 Å². The van der Waals surface area contributed by atoms with Gasteiger partial charge in [0.15, 0.2) is 9.84 Å². The molecule has 0 aromatic carbocycles. The molecule has 0 aromatic heterocycles. The summed E-state index contributed by atoms with van der Waals surface area (Å²) < 4.78 is 22.1. The number of hydrogen-bond donors (Lipinski definition) is 2. The van der Waals surface area contributed by atoms with Crippen LogP contribution in [0, 0.1) is 0 Å². The molecular weight excluding hydrogens is 214 g/mol. The topological polar surface area (TPSA) is 66.4 Å². The fourth-order valence-corrected chi connectivity index (χ4v) is 2.85. The number of hydrogen-bond acceptors (Lipinski definition) is 4. The first-order chi connectivity index (χ1) is 7.14. The molecule has 1 atom stereocenters. The van der Waals surface area contributed by atoms with Gasteiger partial charge < -0.3 is 10.4 Å². The fourth-order valence-electron chi connectivity index (χ4n) is 1.58. The van der Waals surface area contributed by atoms with E-state index in [9.17, 15) is 8.42 Å². The Kier molecular flexibility index (Phi) is 5.28. The third-order valence-electron chi connectivity index (χ3n) is 2.42. The van der Waals surface area contributed by atoms with Gasteiger partial charge in [0.1, 0.15) is 0 Å². The second kappa shape index (κ2) is 6.25.